The molecule has 0 fully saturated rings. The summed E-state index contributed by atoms with van der Waals surface area (Å²) >= 11 is 0. The number of carboxylic acid groups (broad SMARTS) is 1. The molecule has 104 valence electrons. The lowest BCUT2D eigenvalue weighted by atomic mass is 10.1. The minimum Gasteiger partial charge on any atom is -0.480 e. The summed E-state index contributed by atoms with van der Waals surface area (Å²) in [6.45, 7) is 2.53. The summed E-state index contributed by atoms with van der Waals surface area (Å²) < 4.78 is 0. The summed E-state index contributed by atoms with van der Waals surface area (Å²) in [5.74, 6) is -1.43. The molecule has 0 saturated carbocycles. The van der Waals surface area contributed by atoms with Crippen molar-refractivity contribution in [1.82, 2.24) is 4.90 Å². The van der Waals surface area contributed by atoms with Crippen LogP contribution >= 0.6 is 0 Å². The third-order valence-electron chi connectivity index (χ3n) is 2.99. The number of benzene rings is 1. The minimum absolute atomic E-state index is 0.182. The molecule has 1 rings (SSSR count). The summed E-state index contributed by atoms with van der Waals surface area (Å²) in [6.07, 6.45) is 0.793. The molecule has 1 atom stereocenters. The van der Waals surface area contributed by atoms with Crippen molar-refractivity contribution in [3.05, 3.63) is 35.4 Å². The van der Waals surface area contributed by atoms with E-state index in [-0.39, 0.29) is 12.3 Å². The monoisotopic (exact) mass is 264 g/mol. The summed E-state index contributed by atoms with van der Waals surface area (Å²) in [5.41, 5.74) is 7.59. The van der Waals surface area contributed by atoms with Gasteiger partial charge in [-0.25, -0.2) is 0 Å². The van der Waals surface area contributed by atoms with E-state index >= 15 is 0 Å². The molecule has 0 radical (unpaired) electrons. The molecule has 1 aromatic carbocycles. The minimum atomic E-state index is -1.16. The van der Waals surface area contributed by atoms with Gasteiger partial charge >= 0.3 is 5.97 Å². The molecule has 1 amide bonds. The molecule has 1 aromatic rings. The molecule has 0 aromatic heterocycles. The van der Waals surface area contributed by atoms with Gasteiger partial charge in [0.05, 0.1) is 6.42 Å². The van der Waals surface area contributed by atoms with E-state index in [9.17, 15) is 9.59 Å². The van der Waals surface area contributed by atoms with Crippen LogP contribution in [0.2, 0.25) is 0 Å². The highest BCUT2D eigenvalue weighted by molar-refractivity contribution is 5.84. The molecule has 0 aliphatic carbocycles. The molecular weight excluding hydrogens is 244 g/mol. The fraction of sp³-hybridized carbons (Fsp3) is 0.429. The van der Waals surface area contributed by atoms with Crippen LogP contribution in [0.3, 0.4) is 0 Å². The number of rotatable bonds is 6. The second-order valence-corrected chi connectivity index (χ2v) is 4.57. The Kier molecular flexibility index (Phi) is 5.51. The van der Waals surface area contributed by atoms with Crippen LogP contribution in [0.15, 0.2) is 24.3 Å². The number of hydrogen-bond donors (Lipinski definition) is 2. The van der Waals surface area contributed by atoms with Gasteiger partial charge in [0.25, 0.3) is 0 Å². The Balaban J connectivity index is 2.55. The Morgan fingerprint density at radius 1 is 1.26 bits per heavy atom. The van der Waals surface area contributed by atoms with Crippen LogP contribution in [-0.4, -0.2) is 35.0 Å². The van der Waals surface area contributed by atoms with E-state index in [1.807, 2.05) is 24.3 Å². The maximum Gasteiger partial charge on any atom is 0.321 e. The first-order chi connectivity index (χ1) is 8.93. The van der Waals surface area contributed by atoms with E-state index in [1.165, 1.54) is 10.5 Å². The summed E-state index contributed by atoms with van der Waals surface area (Å²) in [4.78, 5) is 23.8. The van der Waals surface area contributed by atoms with Gasteiger partial charge in [0.15, 0.2) is 0 Å². The van der Waals surface area contributed by atoms with Gasteiger partial charge in [-0.05, 0) is 17.5 Å². The van der Waals surface area contributed by atoms with Gasteiger partial charge in [0.2, 0.25) is 5.91 Å². The number of carbonyl (C=O) groups excluding carboxylic acids is 1. The van der Waals surface area contributed by atoms with Crippen molar-refractivity contribution in [2.45, 2.75) is 32.4 Å². The molecule has 0 saturated heterocycles. The first kappa shape index (κ1) is 15.2. The molecule has 1 unspecified atom stereocenters. The van der Waals surface area contributed by atoms with Crippen LogP contribution in [0.25, 0.3) is 0 Å². The largest absolute Gasteiger partial charge is 0.480 e. The summed E-state index contributed by atoms with van der Waals surface area (Å²) in [6, 6.07) is 6.85. The summed E-state index contributed by atoms with van der Waals surface area (Å²) in [7, 11) is 1.64. The number of amides is 1. The van der Waals surface area contributed by atoms with Crippen molar-refractivity contribution < 1.29 is 14.7 Å². The number of nitrogens with zero attached hydrogens (tertiary/aromatic N) is 1. The average molecular weight is 264 g/mol. The molecule has 5 heteroatoms. The molecule has 0 aliphatic rings. The Labute approximate surface area is 113 Å². The lowest BCUT2D eigenvalue weighted by Gasteiger charge is -2.18. The number of aryl methyl sites for hydroxylation is 1. The number of nitrogens with two attached hydrogens (primary N) is 1. The number of aliphatic carboxylic acids is 1. The van der Waals surface area contributed by atoms with Gasteiger partial charge in [-0.1, -0.05) is 31.2 Å². The highest BCUT2D eigenvalue weighted by atomic mass is 16.4. The Bertz CT molecular complexity index is 443. The van der Waals surface area contributed by atoms with Gasteiger partial charge in [-0.2, -0.15) is 0 Å². The van der Waals surface area contributed by atoms with Crippen LogP contribution in [0.4, 0.5) is 0 Å². The zero-order valence-corrected chi connectivity index (χ0v) is 11.3. The van der Waals surface area contributed by atoms with E-state index in [1.54, 1.807) is 7.05 Å². The van der Waals surface area contributed by atoms with Gasteiger partial charge < -0.3 is 15.7 Å². The lowest BCUT2D eigenvalue weighted by molar-refractivity contribution is -0.142. The van der Waals surface area contributed by atoms with E-state index in [2.05, 4.69) is 6.92 Å². The first-order valence-corrected chi connectivity index (χ1v) is 6.24. The second kappa shape index (κ2) is 6.89. The van der Waals surface area contributed by atoms with Crippen molar-refractivity contribution in [3.63, 3.8) is 0 Å². The summed E-state index contributed by atoms with van der Waals surface area (Å²) in [5, 5.41) is 8.66. The fourth-order valence-electron chi connectivity index (χ4n) is 1.67. The molecule has 0 aliphatic heterocycles. The van der Waals surface area contributed by atoms with Crippen molar-refractivity contribution in [1.29, 1.82) is 0 Å². The predicted molar refractivity (Wildman–Crippen MR) is 72.5 cm³/mol. The Hall–Kier alpha value is -1.88. The lowest BCUT2D eigenvalue weighted by Crippen LogP contribution is -2.37. The molecule has 0 bridgehead atoms. The van der Waals surface area contributed by atoms with E-state index < -0.39 is 12.0 Å². The molecule has 3 N–H and O–H groups in total. The number of carbonyl (C=O) groups is 2. The zero-order chi connectivity index (χ0) is 14.4. The number of carboxylic acids is 1. The van der Waals surface area contributed by atoms with Gasteiger partial charge in [-0.15, -0.1) is 0 Å². The van der Waals surface area contributed by atoms with E-state index in [0.717, 1.165) is 12.0 Å². The third kappa shape index (κ3) is 4.71. The van der Waals surface area contributed by atoms with Crippen LogP contribution in [0.1, 0.15) is 24.5 Å². The predicted octanol–water partition coefficient (Wildman–Crippen LogP) is 1.01. The van der Waals surface area contributed by atoms with Crippen LogP contribution in [-0.2, 0) is 22.6 Å². The third-order valence-corrected chi connectivity index (χ3v) is 2.99. The van der Waals surface area contributed by atoms with Crippen LogP contribution in [0.5, 0.6) is 0 Å². The van der Waals surface area contributed by atoms with E-state index in [0.29, 0.717) is 6.54 Å². The van der Waals surface area contributed by atoms with Crippen molar-refractivity contribution in [2.75, 3.05) is 7.05 Å². The molecule has 19 heavy (non-hydrogen) atoms. The van der Waals surface area contributed by atoms with Gasteiger partial charge in [0, 0.05) is 13.6 Å². The van der Waals surface area contributed by atoms with Crippen LogP contribution < -0.4 is 5.73 Å². The van der Waals surface area contributed by atoms with Gasteiger partial charge in [-0.3, -0.25) is 9.59 Å². The molecule has 5 nitrogen and oxygen atoms in total. The van der Waals surface area contributed by atoms with E-state index in [4.69, 9.17) is 10.8 Å². The Morgan fingerprint density at radius 3 is 2.26 bits per heavy atom. The second-order valence-electron chi connectivity index (χ2n) is 4.57. The van der Waals surface area contributed by atoms with Crippen molar-refractivity contribution in [3.8, 4) is 0 Å². The topological polar surface area (TPSA) is 83.6 Å². The Morgan fingerprint density at radius 2 is 1.79 bits per heavy atom. The standard InChI is InChI=1S/C14H20N2O3/c1-3-10-4-6-11(7-5-10)9-16(2)13(17)8-12(15)14(18)19/h4-7,12H,3,8-9,15H2,1-2H3,(H,18,19). The van der Waals surface area contributed by atoms with Crippen molar-refractivity contribution >= 4 is 11.9 Å². The quantitative estimate of drug-likeness (QED) is 0.803. The highest BCUT2D eigenvalue weighted by Crippen LogP contribution is 2.08. The SMILES string of the molecule is CCc1ccc(CN(C)C(=O)CC(N)C(=O)O)cc1. The maximum absolute atomic E-state index is 11.8. The van der Waals surface area contributed by atoms with Crippen LogP contribution in [0, 0.1) is 0 Å². The zero-order valence-electron chi connectivity index (χ0n) is 11.3. The molecule has 0 heterocycles. The molecule has 0 spiro atoms. The smallest absolute Gasteiger partial charge is 0.321 e. The van der Waals surface area contributed by atoms with Gasteiger partial charge in [0.1, 0.15) is 6.04 Å². The first-order valence-electron chi connectivity index (χ1n) is 6.24. The average Bonchev–Trinajstić information content (AvgIpc) is 2.39. The molecular formula is C14H20N2O3. The maximum atomic E-state index is 11.8. The van der Waals surface area contributed by atoms with Crippen molar-refractivity contribution in [2.24, 2.45) is 5.73 Å². The fourth-order valence-corrected chi connectivity index (χ4v) is 1.67. The number of hydrogen-bond acceptors (Lipinski definition) is 3. The highest BCUT2D eigenvalue weighted by Gasteiger charge is 2.18. The normalized spacial score (nSPS) is 11.9.